The molecule has 25 heavy (non-hydrogen) atoms. The van der Waals surface area contributed by atoms with Gasteiger partial charge in [-0.1, -0.05) is 0 Å². The number of carbonyl (C=O) groups excluding carboxylic acids is 1. The Labute approximate surface area is 147 Å². The number of hydrogen-bond acceptors (Lipinski definition) is 5. The predicted octanol–water partition coefficient (Wildman–Crippen LogP) is 2.35. The topological polar surface area (TPSA) is 89.9 Å². The molecule has 0 spiro atoms. The Hall–Kier alpha value is -0.583. The first kappa shape index (κ1) is 19.2. The van der Waals surface area contributed by atoms with E-state index in [1.165, 1.54) is 0 Å². The van der Waals surface area contributed by atoms with E-state index in [9.17, 15) is 22.0 Å². The summed E-state index contributed by atoms with van der Waals surface area (Å²) < 4.78 is 67.7. The third-order valence-corrected chi connectivity index (χ3v) is 7.47. The first-order valence-electron chi connectivity index (χ1n) is 8.56. The fraction of sp³-hybridized carbons (Fsp3) is 0.933. The van der Waals surface area contributed by atoms with E-state index in [4.69, 9.17) is 13.7 Å². The van der Waals surface area contributed by atoms with Crippen molar-refractivity contribution in [3.63, 3.8) is 0 Å². The molecule has 4 fully saturated rings. The Morgan fingerprint density at radius 1 is 1.24 bits per heavy atom. The molecule has 1 N–H and O–H groups in total. The summed E-state index contributed by atoms with van der Waals surface area (Å²) in [5.74, 6) is -1.36. The van der Waals surface area contributed by atoms with Crippen LogP contribution in [0.25, 0.3) is 0 Å². The zero-order chi connectivity index (χ0) is 18.7. The van der Waals surface area contributed by atoms with E-state index in [1.54, 1.807) is 0 Å². The minimum Gasteiger partial charge on any atom is -0.460 e. The van der Waals surface area contributed by atoms with Gasteiger partial charge in [-0.15, -0.1) is 0 Å². The summed E-state index contributed by atoms with van der Waals surface area (Å²) >= 11 is 0. The Bertz CT molecular complexity index is 645. The first-order valence-corrected chi connectivity index (χ1v) is 12.8. The third-order valence-electron chi connectivity index (χ3n) is 5.69. The lowest BCUT2D eigenvalue weighted by Crippen LogP contribution is -2.59. The number of hydrogen-bond donors (Lipinski definition) is 1. The lowest BCUT2D eigenvalue weighted by atomic mass is 9.48. The molecule has 2 atom stereocenters. The van der Waals surface area contributed by atoms with Crippen LogP contribution in [0.4, 0.5) is 8.78 Å². The fourth-order valence-electron chi connectivity index (χ4n) is 5.58. The summed E-state index contributed by atoms with van der Waals surface area (Å²) in [7, 11) is -7.12. The van der Waals surface area contributed by atoms with Crippen molar-refractivity contribution in [2.24, 2.45) is 17.3 Å². The van der Waals surface area contributed by atoms with Crippen LogP contribution < -0.4 is 0 Å². The SMILES string of the molecule is C[SiH](C)OC12CC3CC(CC(COC(=O)C(F)(F)S(=O)(=O)O)(C3)C1)C2. The van der Waals surface area contributed by atoms with Crippen molar-refractivity contribution in [1.82, 2.24) is 0 Å². The molecule has 4 rings (SSSR count). The second-order valence-corrected chi connectivity index (χ2v) is 12.2. The van der Waals surface area contributed by atoms with E-state index in [1.807, 2.05) is 0 Å². The summed E-state index contributed by atoms with van der Waals surface area (Å²) in [6.45, 7) is 3.94. The lowest BCUT2D eigenvalue weighted by molar-refractivity contribution is -0.188. The molecule has 0 aromatic rings. The Kier molecular flexibility index (Phi) is 4.58. The highest BCUT2D eigenvalue weighted by Gasteiger charge is 2.60. The summed E-state index contributed by atoms with van der Waals surface area (Å²) in [5, 5.41) is -4.94. The van der Waals surface area contributed by atoms with Gasteiger partial charge in [-0.2, -0.15) is 17.2 Å². The van der Waals surface area contributed by atoms with Crippen molar-refractivity contribution < 1.29 is 35.7 Å². The van der Waals surface area contributed by atoms with E-state index >= 15 is 0 Å². The second kappa shape index (κ2) is 5.96. The van der Waals surface area contributed by atoms with Crippen LogP contribution in [-0.2, 0) is 24.1 Å². The maximum absolute atomic E-state index is 13.4. The molecule has 4 bridgehead atoms. The molecule has 0 saturated heterocycles. The third kappa shape index (κ3) is 3.50. The van der Waals surface area contributed by atoms with Crippen molar-refractivity contribution in [3.8, 4) is 0 Å². The Morgan fingerprint density at radius 3 is 2.28 bits per heavy atom. The average molecular weight is 399 g/mol. The van der Waals surface area contributed by atoms with Gasteiger partial charge in [0.1, 0.15) is 0 Å². The van der Waals surface area contributed by atoms with Crippen molar-refractivity contribution in [1.29, 1.82) is 0 Å². The van der Waals surface area contributed by atoms with Gasteiger partial charge < -0.3 is 9.16 Å². The average Bonchev–Trinajstić information content (AvgIpc) is 2.40. The normalized spacial score (nSPS) is 37.5. The van der Waals surface area contributed by atoms with E-state index in [0.717, 1.165) is 32.1 Å². The van der Waals surface area contributed by atoms with Gasteiger partial charge in [-0.3, -0.25) is 4.55 Å². The Morgan fingerprint density at radius 2 is 1.80 bits per heavy atom. The predicted molar refractivity (Wildman–Crippen MR) is 87.3 cm³/mol. The number of alkyl halides is 2. The molecule has 2 unspecified atom stereocenters. The molecule has 0 radical (unpaired) electrons. The largest absolute Gasteiger partial charge is 0.465 e. The van der Waals surface area contributed by atoms with Crippen LogP contribution in [-0.4, -0.2) is 45.4 Å². The highest BCUT2D eigenvalue weighted by atomic mass is 32.2. The standard InChI is InChI=1S/C15H24F2O6SSi/c1-25(2)23-14-6-10-3-11(7-14)5-13(4-10,8-14)9-22-12(18)15(16,17)24(19,20)21/h10-11,25H,3-9H2,1-2H3,(H,19,20,21). The summed E-state index contributed by atoms with van der Waals surface area (Å²) in [4.78, 5) is 11.5. The zero-order valence-corrected chi connectivity index (χ0v) is 16.3. The highest BCUT2D eigenvalue weighted by molar-refractivity contribution is 7.87. The molecular weight excluding hydrogens is 374 g/mol. The smallest absolute Gasteiger partial charge is 0.460 e. The Balaban J connectivity index is 1.73. The number of rotatable bonds is 6. The zero-order valence-electron chi connectivity index (χ0n) is 14.3. The van der Waals surface area contributed by atoms with Crippen molar-refractivity contribution in [2.75, 3.05) is 6.61 Å². The number of esters is 1. The van der Waals surface area contributed by atoms with Gasteiger partial charge >= 0.3 is 21.3 Å². The molecule has 4 saturated carbocycles. The molecule has 144 valence electrons. The molecule has 10 heteroatoms. The van der Waals surface area contributed by atoms with Crippen molar-refractivity contribution in [3.05, 3.63) is 0 Å². The molecule has 0 aromatic carbocycles. The van der Waals surface area contributed by atoms with E-state index < -0.39 is 35.8 Å². The molecule has 0 aromatic heterocycles. The quantitative estimate of drug-likeness (QED) is 0.420. The maximum Gasteiger partial charge on any atom is 0.465 e. The minimum absolute atomic E-state index is 0.248. The summed E-state index contributed by atoms with van der Waals surface area (Å²) in [6.07, 6.45) is 5.22. The molecule has 0 amide bonds. The van der Waals surface area contributed by atoms with E-state index in [2.05, 4.69) is 13.1 Å². The molecule has 6 nitrogen and oxygen atoms in total. The van der Waals surface area contributed by atoms with Crippen molar-refractivity contribution >= 4 is 25.1 Å². The van der Waals surface area contributed by atoms with Gasteiger partial charge in [0, 0.05) is 5.41 Å². The molecule has 4 aliphatic rings. The van der Waals surface area contributed by atoms with Crippen LogP contribution in [0.5, 0.6) is 0 Å². The van der Waals surface area contributed by atoms with Gasteiger partial charge in [-0.05, 0) is 63.5 Å². The second-order valence-electron chi connectivity index (χ2n) is 8.38. The van der Waals surface area contributed by atoms with Crippen LogP contribution in [0.15, 0.2) is 0 Å². The van der Waals surface area contributed by atoms with E-state index in [-0.39, 0.29) is 12.2 Å². The van der Waals surface area contributed by atoms with Gasteiger partial charge in [0.25, 0.3) is 0 Å². The summed E-state index contributed by atoms with van der Waals surface area (Å²) in [6, 6.07) is 0. The van der Waals surface area contributed by atoms with Gasteiger partial charge in [0.15, 0.2) is 9.04 Å². The van der Waals surface area contributed by atoms with Gasteiger partial charge in [0.05, 0.1) is 12.2 Å². The maximum atomic E-state index is 13.4. The van der Waals surface area contributed by atoms with Crippen LogP contribution >= 0.6 is 0 Å². The van der Waals surface area contributed by atoms with E-state index in [0.29, 0.717) is 18.3 Å². The molecule has 4 aliphatic carbocycles. The van der Waals surface area contributed by atoms with Crippen LogP contribution in [0.2, 0.25) is 13.1 Å². The van der Waals surface area contributed by atoms with Gasteiger partial charge in [-0.25, -0.2) is 4.79 Å². The monoisotopic (exact) mass is 398 g/mol. The van der Waals surface area contributed by atoms with Crippen LogP contribution in [0, 0.1) is 17.3 Å². The number of halogens is 2. The fourth-order valence-corrected chi connectivity index (χ4v) is 7.12. The first-order chi connectivity index (χ1) is 11.4. The molecular formula is C15H24F2O6SSi. The highest BCUT2D eigenvalue weighted by Crippen LogP contribution is 2.63. The lowest BCUT2D eigenvalue weighted by Gasteiger charge is -2.62. The van der Waals surface area contributed by atoms with Gasteiger partial charge in [0.2, 0.25) is 0 Å². The summed E-state index contributed by atoms with van der Waals surface area (Å²) in [5.41, 5.74) is -0.680. The minimum atomic E-state index is -5.83. The van der Waals surface area contributed by atoms with Crippen LogP contribution in [0.1, 0.15) is 38.5 Å². The van der Waals surface area contributed by atoms with Crippen LogP contribution in [0.3, 0.4) is 0 Å². The number of carbonyl (C=O) groups is 1. The number of ether oxygens (including phenoxy) is 1. The molecule has 0 aliphatic heterocycles. The van der Waals surface area contributed by atoms with Crippen molar-refractivity contribution in [2.45, 2.75) is 62.5 Å². The molecule has 0 heterocycles.